The molecule has 2 aliphatic rings. The van der Waals surface area contributed by atoms with E-state index in [4.69, 9.17) is 4.74 Å². The van der Waals surface area contributed by atoms with Gasteiger partial charge in [0.1, 0.15) is 0 Å². The highest BCUT2D eigenvalue weighted by atomic mass is 16.5. The summed E-state index contributed by atoms with van der Waals surface area (Å²) in [5, 5.41) is 16.9. The highest BCUT2D eigenvalue weighted by Crippen LogP contribution is 2.33. The van der Waals surface area contributed by atoms with Crippen LogP contribution in [0, 0.1) is 5.92 Å². The third kappa shape index (κ3) is 3.46. The number of fused-ring (bicyclic) bond motifs is 1. The van der Waals surface area contributed by atoms with E-state index < -0.39 is 0 Å². The van der Waals surface area contributed by atoms with Gasteiger partial charge in [-0.1, -0.05) is 0 Å². The quantitative estimate of drug-likeness (QED) is 0.814. The van der Waals surface area contributed by atoms with Crippen molar-refractivity contribution < 1.29 is 4.74 Å². The SMILES string of the molecule is CN(Cc1nnnn1CC1CCOCC1)C1CCCc2c1cnn2C. The largest absolute Gasteiger partial charge is 0.381 e. The first-order valence-electron chi connectivity index (χ1n) is 9.26. The Kier molecular flexibility index (Phi) is 4.80. The summed E-state index contributed by atoms with van der Waals surface area (Å²) in [7, 11) is 4.20. The molecule has 0 spiro atoms. The maximum absolute atomic E-state index is 5.45. The van der Waals surface area contributed by atoms with E-state index in [2.05, 4.69) is 32.6 Å². The minimum absolute atomic E-state index is 0.394. The first-order chi connectivity index (χ1) is 12.2. The molecule has 8 heteroatoms. The van der Waals surface area contributed by atoms with Gasteiger partial charge in [-0.3, -0.25) is 9.58 Å². The molecule has 0 radical (unpaired) electrons. The van der Waals surface area contributed by atoms with Gasteiger partial charge in [0.05, 0.1) is 12.7 Å². The number of nitrogens with zero attached hydrogens (tertiary/aromatic N) is 7. The zero-order chi connectivity index (χ0) is 17.2. The predicted molar refractivity (Wildman–Crippen MR) is 91.7 cm³/mol. The number of rotatable bonds is 5. The molecule has 1 aliphatic heterocycles. The summed E-state index contributed by atoms with van der Waals surface area (Å²) in [6.07, 6.45) is 7.71. The van der Waals surface area contributed by atoms with Gasteiger partial charge in [0, 0.05) is 44.1 Å². The Balaban J connectivity index is 1.45. The van der Waals surface area contributed by atoms with E-state index in [-0.39, 0.29) is 0 Å². The van der Waals surface area contributed by atoms with Crippen molar-refractivity contribution in [2.75, 3.05) is 20.3 Å². The smallest absolute Gasteiger partial charge is 0.165 e. The van der Waals surface area contributed by atoms with Crippen molar-refractivity contribution in [2.45, 2.75) is 51.2 Å². The van der Waals surface area contributed by atoms with Crippen LogP contribution in [0.25, 0.3) is 0 Å². The zero-order valence-electron chi connectivity index (χ0n) is 15.1. The molecule has 2 aromatic rings. The lowest BCUT2D eigenvalue weighted by Crippen LogP contribution is -2.29. The summed E-state index contributed by atoms with van der Waals surface area (Å²) in [5.74, 6) is 1.56. The van der Waals surface area contributed by atoms with Gasteiger partial charge in [-0.15, -0.1) is 5.10 Å². The van der Waals surface area contributed by atoms with Crippen LogP contribution in [0.1, 0.15) is 48.8 Å². The molecule has 1 atom stereocenters. The molecule has 4 rings (SSSR count). The number of aryl methyl sites for hydroxylation is 1. The minimum Gasteiger partial charge on any atom is -0.381 e. The Morgan fingerprint density at radius 1 is 1.28 bits per heavy atom. The number of tetrazole rings is 1. The van der Waals surface area contributed by atoms with E-state index in [0.717, 1.165) is 57.8 Å². The highest BCUT2D eigenvalue weighted by Gasteiger charge is 2.27. The average Bonchev–Trinajstić information content (AvgIpc) is 3.23. The molecule has 1 saturated heterocycles. The molecule has 0 bridgehead atoms. The minimum atomic E-state index is 0.394. The molecule has 2 aromatic heterocycles. The topological polar surface area (TPSA) is 73.9 Å². The number of ether oxygens (including phenoxy) is 1. The first kappa shape index (κ1) is 16.7. The van der Waals surface area contributed by atoms with Crippen molar-refractivity contribution in [3.63, 3.8) is 0 Å². The van der Waals surface area contributed by atoms with Crippen LogP contribution < -0.4 is 0 Å². The van der Waals surface area contributed by atoms with Gasteiger partial charge in [-0.05, 0) is 55.5 Å². The third-order valence-electron chi connectivity index (χ3n) is 5.64. The summed E-state index contributed by atoms with van der Waals surface area (Å²) >= 11 is 0. The Bertz CT molecular complexity index is 704. The Morgan fingerprint density at radius 3 is 2.96 bits per heavy atom. The lowest BCUT2D eigenvalue weighted by molar-refractivity contribution is 0.0593. The second-order valence-corrected chi connectivity index (χ2v) is 7.33. The molecule has 0 N–H and O–H groups in total. The summed E-state index contributed by atoms with van der Waals surface area (Å²) in [6.45, 7) is 3.36. The van der Waals surface area contributed by atoms with Crippen LogP contribution in [0.3, 0.4) is 0 Å². The Labute approximate surface area is 148 Å². The summed E-state index contributed by atoms with van der Waals surface area (Å²) in [5.41, 5.74) is 2.73. The molecular formula is C17H27N7O. The molecule has 0 saturated carbocycles. The molecular weight excluding hydrogens is 318 g/mol. The number of hydrogen-bond acceptors (Lipinski definition) is 6. The predicted octanol–water partition coefficient (Wildman–Crippen LogP) is 1.34. The molecule has 136 valence electrons. The molecule has 25 heavy (non-hydrogen) atoms. The van der Waals surface area contributed by atoms with Gasteiger partial charge in [0.25, 0.3) is 0 Å². The Morgan fingerprint density at radius 2 is 2.12 bits per heavy atom. The second-order valence-electron chi connectivity index (χ2n) is 7.33. The van der Waals surface area contributed by atoms with Crippen molar-refractivity contribution in [1.82, 2.24) is 34.9 Å². The molecule has 0 aromatic carbocycles. The van der Waals surface area contributed by atoms with Crippen LogP contribution >= 0.6 is 0 Å². The number of aromatic nitrogens is 6. The van der Waals surface area contributed by atoms with Crippen molar-refractivity contribution in [3.8, 4) is 0 Å². The second kappa shape index (κ2) is 7.21. The van der Waals surface area contributed by atoms with Gasteiger partial charge in [0.2, 0.25) is 0 Å². The highest BCUT2D eigenvalue weighted by molar-refractivity contribution is 5.24. The van der Waals surface area contributed by atoms with Gasteiger partial charge in [-0.2, -0.15) is 5.10 Å². The van der Waals surface area contributed by atoms with Crippen LogP contribution in [0.15, 0.2) is 6.20 Å². The molecule has 0 amide bonds. The number of hydrogen-bond donors (Lipinski definition) is 0. The van der Waals surface area contributed by atoms with Gasteiger partial charge in [-0.25, -0.2) is 4.68 Å². The molecule has 1 aliphatic carbocycles. The standard InChI is InChI=1S/C17H27N7O/c1-22(15-4-3-5-16-14(15)10-18-23(16)2)12-17-19-20-21-24(17)11-13-6-8-25-9-7-13/h10,13,15H,3-9,11-12H2,1-2H3. The lowest BCUT2D eigenvalue weighted by Gasteiger charge is -2.31. The van der Waals surface area contributed by atoms with Gasteiger partial charge >= 0.3 is 0 Å². The maximum atomic E-state index is 5.45. The fraction of sp³-hybridized carbons (Fsp3) is 0.765. The van der Waals surface area contributed by atoms with E-state index in [1.165, 1.54) is 17.7 Å². The van der Waals surface area contributed by atoms with E-state index in [1.807, 2.05) is 22.6 Å². The van der Waals surface area contributed by atoms with Crippen molar-refractivity contribution >= 4 is 0 Å². The molecule has 1 unspecified atom stereocenters. The van der Waals surface area contributed by atoms with Crippen molar-refractivity contribution in [3.05, 3.63) is 23.3 Å². The van der Waals surface area contributed by atoms with Crippen LogP contribution in [-0.4, -0.2) is 55.1 Å². The van der Waals surface area contributed by atoms with Crippen LogP contribution in [-0.2, 0) is 31.3 Å². The van der Waals surface area contributed by atoms with Crippen LogP contribution in [0.2, 0.25) is 0 Å². The molecule has 1 fully saturated rings. The summed E-state index contributed by atoms with van der Waals surface area (Å²) in [6, 6.07) is 0.394. The fourth-order valence-corrected chi connectivity index (χ4v) is 4.13. The summed E-state index contributed by atoms with van der Waals surface area (Å²) in [4.78, 5) is 2.37. The van der Waals surface area contributed by atoms with E-state index in [1.54, 1.807) is 0 Å². The maximum Gasteiger partial charge on any atom is 0.165 e. The summed E-state index contributed by atoms with van der Waals surface area (Å²) < 4.78 is 9.46. The van der Waals surface area contributed by atoms with Crippen molar-refractivity contribution in [1.29, 1.82) is 0 Å². The zero-order valence-corrected chi connectivity index (χ0v) is 15.1. The van der Waals surface area contributed by atoms with Gasteiger partial charge < -0.3 is 4.74 Å². The van der Waals surface area contributed by atoms with Crippen molar-refractivity contribution in [2.24, 2.45) is 13.0 Å². The van der Waals surface area contributed by atoms with Crippen LogP contribution in [0.4, 0.5) is 0 Å². The normalized spacial score (nSPS) is 21.6. The molecule has 8 nitrogen and oxygen atoms in total. The first-order valence-corrected chi connectivity index (χ1v) is 9.26. The average molecular weight is 345 g/mol. The van der Waals surface area contributed by atoms with E-state index in [9.17, 15) is 0 Å². The van der Waals surface area contributed by atoms with E-state index >= 15 is 0 Å². The third-order valence-corrected chi connectivity index (χ3v) is 5.64. The fourth-order valence-electron chi connectivity index (χ4n) is 4.13. The molecule has 3 heterocycles. The Hall–Kier alpha value is -1.80. The lowest BCUT2D eigenvalue weighted by atomic mass is 9.92. The monoisotopic (exact) mass is 345 g/mol. The van der Waals surface area contributed by atoms with E-state index in [0.29, 0.717) is 12.0 Å². The van der Waals surface area contributed by atoms with Gasteiger partial charge in [0.15, 0.2) is 5.82 Å². The van der Waals surface area contributed by atoms with Crippen LogP contribution in [0.5, 0.6) is 0 Å².